The van der Waals surface area contributed by atoms with Crippen molar-refractivity contribution in [2.45, 2.75) is 25.3 Å². The first-order valence-corrected chi connectivity index (χ1v) is 9.88. The minimum absolute atomic E-state index is 0.0554. The SMILES string of the molecule is O=C(CCNC(=O)Nc1ccccc1)NCC(c1ccccc1)N1CCCC1. The number of amides is 3. The van der Waals surface area contributed by atoms with Crippen LogP contribution in [0.15, 0.2) is 60.7 Å². The Balaban J connectivity index is 1.41. The maximum Gasteiger partial charge on any atom is 0.319 e. The second-order valence-electron chi connectivity index (χ2n) is 6.97. The molecule has 1 aliphatic rings. The number of nitrogens with one attached hydrogen (secondary N) is 3. The van der Waals surface area contributed by atoms with Gasteiger partial charge in [0.25, 0.3) is 0 Å². The van der Waals surface area contributed by atoms with Crippen LogP contribution in [0.2, 0.25) is 0 Å². The summed E-state index contributed by atoms with van der Waals surface area (Å²) in [6.07, 6.45) is 2.67. The molecular formula is C22H28N4O2. The first-order valence-electron chi connectivity index (χ1n) is 9.88. The van der Waals surface area contributed by atoms with E-state index in [1.165, 1.54) is 18.4 Å². The van der Waals surface area contributed by atoms with Gasteiger partial charge in [0.05, 0.1) is 6.04 Å². The summed E-state index contributed by atoms with van der Waals surface area (Å²) in [5, 5.41) is 8.48. The van der Waals surface area contributed by atoms with Crippen LogP contribution in [-0.2, 0) is 4.79 Å². The molecule has 6 heteroatoms. The van der Waals surface area contributed by atoms with E-state index in [0.717, 1.165) is 18.8 Å². The fraction of sp³-hybridized carbons (Fsp3) is 0.364. The Labute approximate surface area is 166 Å². The van der Waals surface area contributed by atoms with Crippen molar-refractivity contribution < 1.29 is 9.59 Å². The van der Waals surface area contributed by atoms with Crippen molar-refractivity contribution in [2.24, 2.45) is 0 Å². The lowest BCUT2D eigenvalue weighted by atomic mass is 10.1. The zero-order valence-corrected chi connectivity index (χ0v) is 16.1. The Morgan fingerprint density at radius 2 is 1.54 bits per heavy atom. The molecule has 0 spiro atoms. The third-order valence-electron chi connectivity index (χ3n) is 4.93. The van der Waals surface area contributed by atoms with Crippen LogP contribution in [0.5, 0.6) is 0 Å². The summed E-state index contributed by atoms with van der Waals surface area (Å²) in [4.78, 5) is 26.5. The second kappa shape index (κ2) is 10.5. The van der Waals surface area contributed by atoms with Crippen LogP contribution in [-0.4, -0.2) is 43.0 Å². The molecule has 0 aromatic heterocycles. The molecule has 28 heavy (non-hydrogen) atoms. The van der Waals surface area contributed by atoms with Gasteiger partial charge >= 0.3 is 6.03 Å². The fourth-order valence-corrected chi connectivity index (χ4v) is 3.47. The van der Waals surface area contributed by atoms with Crippen LogP contribution in [0.4, 0.5) is 10.5 Å². The lowest BCUT2D eigenvalue weighted by Gasteiger charge is -2.28. The quantitative estimate of drug-likeness (QED) is 0.659. The third kappa shape index (κ3) is 6.09. The highest BCUT2D eigenvalue weighted by molar-refractivity contribution is 5.89. The molecule has 3 N–H and O–H groups in total. The van der Waals surface area contributed by atoms with Crippen LogP contribution in [0.1, 0.15) is 30.9 Å². The van der Waals surface area contributed by atoms with Crippen LogP contribution in [0.25, 0.3) is 0 Å². The molecule has 3 rings (SSSR count). The number of carbonyl (C=O) groups is 2. The monoisotopic (exact) mass is 380 g/mol. The summed E-state index contributed by atoms with van der Waals surface area (Å²) in [5.41, 5.74) is 1.95. The summed E-state index contributed by atoms with van der Waals surface area (Å²) in [5.74, 6) is -0.0554. The fourth-order valence-electron chi connectivity index (χ4n) is 3.47. The average Bonchev–Trinajstić information content (AvgIpc) is 3.24. The molecule has 0 radical (unpaired) electrons. The molecule has 2 aromatic carbocycles. The minimum atomic E-state index is -0.307. The van der Waals surface area contributed by atoms with Gasteiger partial charge in [0.2, 0.25) is 5.91 Å². The number of carbonyl (C=O) groups excluding carboxylic acids is 2. The van der Waals surface area contributed by atoms with E-state index in [0.29, 0.717) is 13.1 Å². The van der Waals surface area contributed by atoms with Crippen LogP contribution in [0, 0.1) is 0 Å². The van der Waals surface area contributed by atoms with Crippen molar-refractivity contribution in [2.75, 3.05) is 31.5 Å². The molecule has 6 nitrogen and oxygen atoms in total. The largest absolute Gasteiger partial charge is 0.354 e. The Kier molecular flexibility index (Phi) is 7.44. The summed E-state index contributed by atoms with van der Waals surface area (Å²) >= 11 is 0. The van der Waals surface area contributed by atoms with Gasteiger partial charge in [-0.3, -0.25) is 9.69 Å². The van der Waals surface area contributed by atoms with Gasteiger partial charge in [-0.2, -0.15) is 0 Å². The number of urea groups is 1. The number of nitrogens with zero attached hydrogens (tertiary/aromatic N) is 1. The third-order valence-corrected chi connectivity index (χ3v) is 4.93. The number of para-hydroxylation sites is 1. The van der Waals surface area contributed by atoms with Gasteiger partial charge in [0, 0.05) is 25.2 Å². The molecule has 0 aliphatic carbocycles. The lowest BCUT2D eigenvalue weighted by Crippen LogP contribution is -2.38. The van der Waals surface area contributed by atoms with Crippen molar-refractivity contribution >= 4 is 17.6 Å². The zero-order chi connectivity index (χ0) is 19.6. The first-order chi connectivity index (χ1) is 13.7. The van der Waals surface area contributed by atoms with Crippen molar-refractivity contribution in [3.05, 3.63) is 66.2 Å². The lowest BCUT2D eigenvalue weighted by molar-refractivity contribution is -0.121. The van der Waals surface area contributed by atoms with Crippen LogP contribution < -0.4 is 16.0 Å². The topological polar surface area (TPSA) is 73.5 Å². The predicted molar refractivity (Wildman–Crippen MR) is 111 cm³/mol. The van der Waals surface area contributed by atoms with E-state index in [1.54, 1.807) is 0 Å². The van der Waals surface area contributed by atoms with Crippen molar-refractivity contribution in [1.82, 2.24) is 15.5 Å². The van der Waals surface area contributed by atoms with Gasteiger partial charge < -0.3 is 16.0 Å². The molecule has 0 bridgehead atoms. The molecule has 0 saturated carbocycles. The number of benzene rings is 2. The van der Waals surface area contributed by atoms with Crippen molar-refractivity contribution in [1.29, 1.82) is 0 Å². The number of hydrogen-bond acceptors (Lipinski definition) is 3. The number of anilines is 1. The number of rotatable bonds is 8. The van der Waals surface area contributed by atoms with E-state index in [9.17, 15) is 9.59 Å². The van der Waals surface area contributed by atoms with Gasteiger partial charge in [0.1, 0.15) is 0 Å². The molecule has 1 aliphatic heterocycles. The molecule has 1 fully saturated rings. The van der Waals surface area contributed by atoms with E-state index < -0.39 is 0 Å². The standard InChI is InChI=1S/C22H28N4O2/c27-21(13-14-23-22(28)25-19-11-5-2-6-12-19)24-17-20(26-15-7-8-16-26)18-9-3-1-4-10-18/h1-6,9-12,20H,7-8,13-17H2,(H,24,27)(H2,23,25,28). The zero-order valence-electron chi connectivity index (χ0n) is 16.1. The smallest absolute Gasteiger partial charge is 0.319 e. The minimum Gasteiger partial charge on any atom is -0.354 e. The van der Waals surface area contributed by atoms with E-state index in [4.69, 9.17) is 0 Å². The maximum absolute atomic E-state index is 12.2. The Hall–Kier alpha value is -2.86. The molecule has 1 atom stereocenters. The van der Waals surface area contributed by atoms with Crippen molar-refractivity contribution in [3.63, 3.8) is 0 Å². The summed E-state index contributed by atoms with van der Waals surface area (Å²) in [6.45, 7) is 3.01. The van der Waals surface area contributed by atoms with E-state index in [-0.39, 0.29) is 24.4 Å². The second-order valence-corrected chi connectivity index (χ2v) is 6.97. The molecule has 3 amide bonds. The molecule has 148 valence electrons. The number of hydrogen-bond donors (Lipinski definition) is 3. The Bertz CT molecular complexity index is 746. The molecule has 2 aromatic rings. The molecule has 1 saturated heterocycles. The van der Waals surface area contributed by atoms with Gasteiger partial charge in [0.15, 0.2) is 0 Å². The first kappa shape index (κ1) is 19.9. The summed E-state index contributed by atoms with van der Waals surface area (Å²) < 4.78 is 0. The Morgan fingerprint density at radius 3 is 2.21 bits per heavy atom. The Morgan fingerprint density at radius 1 is 0.893 bits per heavy atom. The summed E-state index contributed by atoms with van der Waals surface area (Å²) in [6, 6.07) is 19.4. The van der Waals surface area contributed by atoms with Crippen LogP contribution >= 0.6 is 0 Å². The maximum atomic E-state index is 12.2. The highest BCUT2D eigenvalue weighted by Gasteiger charge is 2.23. The summed E-state index contributed by atoms with van der Waals surface area (Å²) in [7, 11) is 0. The van der Waals surface area contributed by atoms with Crippen LogP contribution in [0.3, 0.4) is 0 Å². The van der Waals surface area contributed by atoms with E-state index >= 15 is 0 Å². The van der Waals surface area contributed by atoms with Gasteiger partial charge in [-0.15, -0.1) is 0 Å². The molecular weight excluding hydrogens is 352 g/mol. The van der Waals surface area contributed by atoms with Gasteiger partial charge in [-0.25, -0.2) is 4.79 Å². The van der Waals surface area contributed by atoms with E-state index in [2.05, 4.69) is 33.0 Å². The predicted octanol–water partition coefficient (Wildman–Crippen LogP) is 3.15. The highest BCUT2D eigenvalue weighted by Crippen LogP contribution is 2.24. The van der Waals surface area contributed by atoms with Crippen molar-refractivity contribution in [3.8, 4) is 0 Å². The molecule has 1 unspecified atom stereocenters. The highest BCUT2D eigenvalue weighted by atomic mass is 16.2. The number of likely N-dealkylation sites (tertiary alicyclic amines) is 1. The molecule has 1 heterocycles. The average molecular weight is 380 g/mol. The van der Waals surface area contributed by atoms with Gasteiger partial charge in [-0.05, 0) is 43.6 Å². The van der Waals surface area contributed by atoms with Gasteiger partial charge in [-0.1, -0.05) is 48.5 Å². The van der Waals surface area contributed by atoms with E-state index in [1.807, 2.05) is 48.5 Å². The normalized spacial score (nSPS) is 15.0.